The van der Waals surface area contributed by atoms with Crippen LogP contribution in [0, 0.1) is 81.5 Å². The summed E-state index contributed by atoms with van der Waals surface area (Å²) in [4.78, 5) is 27.8. The molecule has 2 saturated heterocycles. The number of esters is 2. The van der Waals surface area contributed by atoms with E-state index in [4.69, 9.17) is 14.2 Å². The van der Waals surface area contributed by atoms with Gasteiger partial charge in [-0.3, -0.25) is 9.69 Å². The average Bonchev–Trinajstić information content (AvgIpc) is 3.85. The van der Waals surface area contributed by atoms with Crippen molar-refractivity contribution in [2.24, 2.45) is 17.8 Å². The number of fused-ring (bicyclic) bond motifs is 1. The summed E-state index contributed by atoms with van der Waals surface area (Å²) in [6.45, 7) is 6.33. The molecule has 0 amide bonds. The molecular weight excluding hydrogens is 596 g/mol. The third-order valence-electron chi connectivity index (χ3n) is 10.1. The number of ether oxygens (including phenoxy) is 3. The number of para-hydroxylation sites is 1. The predicted molar refractivity (Wildman–Crippen MR) is 164 cm³/mol. The zero-order chi connectivity index (χ0) is 30.0. The Balaban J connectivity index is 0.000000584. The number of nitrogens with one attached hydrogen (secondary N) is 1. The fraction of sp³-hybridized carbons (Fsp3) is 0.444. The van der Waals surface area contributed by atoms with E-state index >= 15 is 0 Å². The Morgan fingerprint density at radius 3 is 2.45 bits per heavy atom. The van der Waals surface area contributed by atoms with E-state index in [1.54, 1.807) is 0 Å². The molecule has 1 N–H and O–H groups in total. The quantitative estimate of drug-likeness (QED) is 0.351. The van der Waals surface area contributed by atoms with Crippen molar-refractivity contribution in [1.29, 1.82) is 0 Å². The Morgan fingerprint density at radius 2 is 1.77 bits per heavy atom. The fourth-order valence-corrected chi connectivity index (χ4v) is 8.23. The van der Waals surface area contributed by atoms with Crippen molar-refractivity contribution in [3.63, 3.8) is 0 Å². The van der Waals surface area contributed by atoms with Gasteiger partial charge >= 0.3 is 29.0 Å². The molecule has 7 nitrogen and oxygen atoms in total. The molecule has 44 heavy (non-hydrogen) atoms. The van der Waals surface area contributed by atoms with E-state index in [0.29, 0.717) is 26.2 Å². The number of nitrogens with zero attached hydrogens (tertiary/aromatic N) is 1. The number of carbonyl (C=O) groups is 2. The monoisotopic (exact) mass is 638 g/mol. The summed E-state index contributed by atoms with van der Waals surface area (Å²) in [7, 11) is 1.47. The van der Waals surface area contributed by atoms with E-state index in [1.165, 1.54) is 25.5 Å². The molecule has 0 aromatic heterocycles. The summed E-state index contributed by atoms with van der Waals surface area (Å²) in [6, 6.07) is 8.87. The van der Waals surface area contributed by atoms with E-state index in [0.717, 1.165) is 36.3 Å². The molecule has 2 saturated carbocycles. The van der Waals surface area contributed by atoms with Crippen LogP contribution in [0.5, 0.6) is 0 Å². The molecule has 3 aliphatic heterocycles. The molecule has 4 fully saturated rings. The van der Waals surface area contributed by atoms with Crippen molar-refractivity contribution in [3.05, 3.63) is 105 Å². The van der Waals surface area contributed by atoms with Gasteiger partial charge < -0.3 is 19.5 Å². The topological polar surface area (TPSA) is 77.1 Å². The zero-order valence-electron chi connectivity index (χ0n) is 25.7. The summed E-state index contributed by atoms with van der Waals surface area (Å²) in [6.07, 6.45) is 21.0. The second-order valence-corrected chi connectivity index (χ2v) is 12.2. The Morgan fingerprint density at radius 1 is 1.07 bits per heavy atom. The van der Waals surface area contributed by atoms with Gasteiger partial charge in [0.2, 0.25) is 0 Å². The van der Waals surface area contributed by atoms with E-state index in [1.807, 2.05) is 38.2 Å². The number of carbonyl (C=O) groups excluding carboxylic acids is 2. The molecule has 1 spiro atoms. The van der Waals surface area contributed by atoms with Crippen LogP contribution in [0.2, 0.25) is 0 Å². The van der Waals surface area contributed by atoms with Gasteiger partial charge in [-0.2, -0.15) is 0 Å². The average molecular weight is 639 g/mol. The fourth-order valence-electron chi connectivity index (χ4n) is 8.23. The first-order valence-corrected chi connectivity index (χ1v) is 15.5. The number of likely N-dealkylation sites (tertiary alicyclic amines) is 1. The van der Waals surface area contributed by atoms with Gasteiger partial charge in [0.25, 0.3) is 0 Å². The zero-order valence-corrected chi connectivity index (χ0v) is 26.8. The van der Waals surface area contributed by atoms with Crippen LogP contribution in [0.3, 0.4) is 0 Å². The van der Waals surface area contributed by atoms with Gasteiger partial charge in [-0.05, 0) is 107 Å². The van der Waals surface area contributed by atoms with E-state index in [9.17, 15) is 9.59 Å². The molecule has 7 rings (SSSR count). The smallest absolute Gasteiger partial charge is 0.466 e. The minimum absolute atomic E-state index is 0. The normalized spacial score (nSPS) is 31.9. The van der Waals surface area contributed by atoms with Crippen molar-refractivity contribution in [2.75, 3.05) is 38.8 Å². The van der Waals surface area contributed by atoms with Crippen molar-refractivity contribution in [3.8, 4) is 0 Å². The maximum Gasteiger partial charge on any atom is 2.00 e. The summed E-state index contributed by atoms with van der Waals surface area (Å²) < 4.78 is 17.0. The van der Waals surface area contributed by atoms with Crippen molar-refractivity contribution in [2.45, 2.75) is 50.6 Å². The van der Waals surface area contributed by atoms with Crippen LogP contribution < -0.4 is 5.32 Å². The van der Waals surface area contributed by atoms with Crippen LogP contribution >= 0.6 is 0 Å². The van der Waals surface area contributed by atoms with Crippen molar-refractivity contribution in [1.82, 2.24) is 4.90 Å². The first-order chi connectivity index (χ1) is 21.0. The van der Waals surface area contributed by atoms with Gasteiger partial charge in [0.05, 0.1) is 31.3 Å². The Kier molecular flexibility index (Phi) is 11.2. The molecule has 6 atom stereocenters. The number of hydrogen-bond acceptors (Lipinski definition) is 7. The standard InChI is InChI=1S/C31H37N2O5.C5H5.Fe/c1-19(21-8-4-5-9-21)33-14-13-31-26-10-6-7-11-27(26)32-28(31)24(30(35)36-3)16-23(29(31)33)25-18-37-15-12-22(25)17-38-20(2)34;1-2-4-5-3-1;/h4-11,19,22-23,25,29,32H,12-18H2,1-3H3;1-5H;/q;;+2/t19-,22-,23+,25-,29+,31+;;/m0../s1. The number of benzene rings is 1. The maximum atomic E-state index is 13.3. The Labute approximate surface area is 274 Å². The van der Waals surface area contributed by atoms with E-state index in [-0.39, 0.29) is 64.3 Å². The molecule has 0 bridgehead atoms. The molecule has 3 heterocycles. The van der Waals surface area contributed by atoms with E-state index in [2.05, 4.69) is 61.0 Å². The Hall–Kier alpha value is -1.86. The van der Waals surface area contributed by atoms with Gasteiger partial charge in [0.1, 0.15) is 0 Å². The van der Waals surface area contributed by atoms with Crippen molar-refractivity contribution >= 4 is 17.6 Å². The third kappa shape index (κ3) is 6.26. The van der Waals surface area contributed by atoms with Crippen LogP contribution in [0.4, 0.5) is 5.69 Å². The minimum atomic E-state index is -0.340. The first-order valence-electron chi connectivity index (χ1n) is 15.5. The third-order valence-corrected chi connectivity index (χ3v) is 10.1. The second kappa shape index (κ2) is 14.7. The summed E-state index contributed by atoms with van der Waals surface area (Å²) in [5.74, 6) is 1.23. The predicted octanol–water partition coefficient (Wildman–Crippen LogP) is 4.90. The van der Waals surface area contributed by atoms with E-state index < -0.39 is 0 Å². The molecular formula is C36H42FeN2O5+2. The minimum Gasteiger partial charge on any atom is -0.466 e. The van der Waals surface area contributed by atoms with Gasteiger partial charge in [-0.15, -0.1) is 0 Å². The van der Waals surface area contributed by atoms with Crippen LogP contribution in [-0.4, -0.2) is 62.4 Å². The molecule has 1 aromatic carbocycles. The molecule has 6 aliphatic rings. The molecule has 1 aromatic rings. The number of anilines is 1. The summed E-state index contributed by atoms with van der Waals surface area (Å²) >= 11 is 0. The van der Waals surface area contributed by atoms with Crippen LogP contribution in [0.25, 0.3) is 0 Å². The largest absolute Gasteiger partial charge is 2.00 e. The van der Waals surface area contributed by atoms with Crippen molar-refractivity contribution < 1.29 is 40.9 Å². The van der Waals surface area contributed by atoms with Gasteiger partial charge in [0.15, 0.2) is 0 Å². The van der Waals surface area contributed by atoms with Gasteiger partial charge in [-0.25, -0.2) is 4.79 Å². The molecule has 10 radical (unpaired) electrons. The summed E-state index contributed by atoms with van der Waals surface area (Å²) in [5, 5.41) is 3.68. The number of methoxy groups -OCH3 is 1. The SMILES string of the molecule is COC(=O)C1=C2Nc3ccccc3[C@]23CCN([C@@H](C)[C]2[CH][CH][CH][CH]2)[C@@H]3[C@@H]([C@H]2COCC[C@H]2COC(C)=O)C1.[CH]1[CH][CH][CH][CH]1.[Fe+2]. The van der Waals surface area contributed by atoms with Crippen LogP contribution in [0.15, 0.2) is 35.5 Å². The maximum absolute atomic E-state index is 13.3. The van der Waals surface area contributed by atoms with Gasteiger partial charge in [0, 0.05) is 55.4 Å². The molecule has 3 aliphatic carbocycles. The molecule has 8 heteroatoms. The number of hydrogen-bond donors (Lipinski definition) is 1. The molecule has 232 valence electrons. The number of rotatable bonds is 6. The van der Waals surface area contributed by atoms with Gasteiger partial charge in [-0.1, -0.05) is 18.2 Å². The molecule has 0 unspecified atom stereocenters. The second-order valence-electron chi connectivity index (χ2n) is 12.2. The first kappa shape index (κ1) is 33.5. The summed E-state index contributed by atoms with van der Waals surface area (Å²) in [5.41, 5.74) is 3.75. The van der Waals surface area contributed by atoms with Crippen LogP contribution in [0.1, 0.15) is 38.7 Å². The Bertz CT molecular complexity index is 1190. The van der Waals surface area contributed by atoms with Crippen LogP contribution in [-0.2, 0) is 46.3 Å².